The molecular formula is C13H18N4. The quantitative estimate of drug-likeness (QED) is 0.868. The van der Waals surface area contributed by atoms with Crippen molar-refractivity contribution in [2.45, 2.75) is 19.4 Å². The molecule has 0 bridgehead atoms. The van der Waals surface area contributed by atoms with E-state index in [1.54, 1.807) is 0 Å². The summed E-state index contributed by atoms with van der Waals surface area (Å²) in [5.74, 6) is 0. The monoisotopic (exact) mass is 230 g/mol. The first-order valence-corrected chi connectivity index (χ1v) is 5.77. The first kappa shape index (κ1) is 11.8. The Labute approximate surface area is 102 Å². The molecule has 1 N–H and O–H groups in total. The fourth-order valence-corrected chi connectivity index (χ4v) is 1.93. The van der Waals surface area contributed by atoms with E-state index in [0.717, 1.165) is 17.8 Å². The number of rotatable bonds is 4. The van der Waals surface area contributed by atoms with Crippen LogP contribution in [0.3, 0.4) is 0 Å². The van der Waals surface area contributed by atoms with Crippen molar-refractivity contribution in [3.8, 4) is 0 Å². The highest BCUT2D eigenvalue weighted by molar-refractivity contribution is 5.17. The van der Waals surface area contributed by atoms with Crippen molar-refractivity contribution in [1.29, 1.82) is 0 Å². The predicted octanol–water partition coefficient (Wildman–Crippen LogP) is 1.63. The third-order valence-corrected chi connectivity index (χ3v) is 2.81. The molecule has 1 unspecified atom stereocenters. The number of pyridine rings is 1. The Morgan fingerprint density at radius 1 is 1.41 bits per heavy atom. The molecule has 0 amide bonds. The van der Waals surface area contributed by atoms with Crippen LogP contribution < -0.4 is 5.32 Å². The fourth-order valence-electron chi connectivity index (χ4n) is 1.93. The Hall–Kier alpha value is -1.68. The van der Waals surface area contributed by atoms with Crippen molar-refractivity contribution in [2.24, 2.45) is 7.05 Å². The van der Waals surface area contributed by atoms with Crippen LogP contribution >= 0.6 is 0 Å². The summed E-state index contributed by atoms with van der Waals surface area (Å²) in [6.45, 7) is 2.01. The van der Waals surface area contributed by atoms with Crippen LogP contribution in [0, 0.1) is 6.92 Å². The van der Waals surface area contributed by atoms with Gasteiger partial charge in [-0.05, 0) is 38.1 Å². The van der Waals surface area contributed by atoms with E-state index >= 15 is 0 Å². The SMILES string of the molecule is CNC(Cc1cnn(C)c1)c1cccc(C)n1. The van der Waals surface area contributed by atoms with Gasteiger partial charge in [0.15, 0.2) is 0 Å². The van der Waals surface area contributed by atoms with Gasteiger partial charge in [-0.1, -0.05) is 6.07 Å². The van der Waals surface area contributed by atoms with E-state index < -0.39 is 0 Å². The Morgan fingerprint density at radius 2 is 2.24 bits per heavy atom. The lowest BCUT2D eigenvalue weighted by atomic mass is 10.1. The van der Waals surface area contributed by atoms with Gasteiger partial charge in [0.25, 0.3) is 0 Å². The number of nitrogens with one attached hydrogen (secondary N) is 1. The lowest BCUT2D eigenvalue weighted by Gasteiger charge is -2.15. The number of hydrogen-bond donors (Lipinski definition) is 1. The first-order chi connectivity index (χ1) is 8.19. The second-order valence-electron chi connectivity index (χ2n) is 4.27. The van der Waals surface area contributed by atoms with Gasteiger partial charge in [0.05, 0.1) is 17.9 Å². The Morgan fingerprint density at radius 3 is 2.82 bits per heavy atom. The summed E-state index contributed by atoms with van der Waals surface area (Å²) in [5, 5.41) is 7.49. The lowest BCUT2D eigenvalue weighted by Crippen LogP contribution is -2.20. The topological polar surface area (TPSA) is 42.7 Å². The third-order valence-electron chi connectivity index (χ3n) is 2.81. The van der Waals surface area contributed by atoms with Gasteiger partial charge in [-0.15, -0.1) is 0 Å². The molecule has 0 radical (unpaired) electrons. The summed E-state index contributed by atoms with van der Waals surface area (Å²) < 4.78 is 1.83. The van der Waals surface area contributed by atoms with Crippen molar-refractivity contribution in [1.82, 2.24) is 20.1 Å². The molecule has 1 atom stereocenters. The number of likely N-dealkylation sites (N-methyl/N-ethyl adjacent to an activating group) is 1. The Balaban J connectivity index is 2.16. The maximum atomic E-state index is 4.56. The highest BCUT2D eigenvalue weighted by Crippen LogP contribution is 2.16. The van der Waals surface area contributed by atoms with Gasteiger partial charge in [-0.3, -0.25) is 9.67 Å². The molecule has 0 spiro atoms. The molecule has 0 aliphatic heterocycles. The molecule has 2 rings (SSSR count). The van der Waals surface area contributed by atoms with Crippen LogP contribution in [0.4, 0.5) is 0 Å². The van der Waals surface area contributed by atoms with Crippen molar-refractivity contribution in [3.63, 3.8) is 0 Å². The highest BCUT2D eigenvalue weighted by Gasteiger charge is 2.12. The van der Waals surface area contributed by atoms with Crippen molar-refractivity contribution >= 4 is 0 Å². The Kier molecular flexibility index (Phi) is 3.54. The molecule has 0 aliphatic rings. The molecule has 0 aromatic carbocycles. The number of aryl methyl sites for hydroxylation is 2. The van der Waals surface area contributed by atoms with Crippen molar-refractivity contribution in [3.05, 3.63) is 47.5 Å². The average molecular weight is 230 g/mol. The zero-order chi connectivity index (χ0) is 12.3. The summed E-state index contributed by atoms with van der Waals surface area (Å²) in [5.41, 5.74) is 3.35. The van der Waals surface area contributed by atoms with Crippen LogP contribution in [0.25, 0.3) is 0 Å². The summed E-state index contributed by atoms with van der Waals surface area (Å²) in [4.78, 5) is 4.56. The van der Waals surface area contributed by atoms with E-state index in [4.69, 9.17) is 0 Å². The van der Waals surface area contributed by atoms with Crippen LogP contribution in [0.5, 0.6) is 0 Å². The van der Waals surface area contributed by atoms with Crippen LogP contribution in [-0.4, -0.2) is 21.8 Å². The van der Waals surface area contributed by atoms with Gasteiger partial charge in [-0.25, -0.2) is 0 Å². The summed E-state index contributed by atoms with van der Waals surface area (Å²) >= 11 is 0. The Bertz CT molecular complexity index is 490. The standard InChI is InChI=1S/C13H18N4/c1-10-5-4-6-12(16-10)13(14-2)7-11-8-15-17(3)9-11/h4-6,8-9,13-14H,7H2,1-3H3. The minimum absolute atomic E-state index is 0.235. The molecule has 4 heteroatoms. The molecule has 0 aliphatic carbocycles. The van der Waals surface area contributed by atoms with Gasteiger partial charge in [0, 0.05) is 18.9 Å². The maximum Gasteiger partial charge on any atom is 0.0579 e. The molecule has 2 heterocycles. The van der Waals surface area contributed by atoms with Gasteiger partial charge in [-0.2, -0.15) is 5.10 Å². The van der Waals surface area contributed by atoms with Crippen LogP contribution in [-0.2, 0) is 13.5 Å². The molecule has 0 saturated heterocycles. The molecule has 2 aromatic heterocycles. The van der Waals surface area contributed by atoms with E-state index in [2.05, 4.69) is 21.5 Å². The summed E-state index contributed by atoms with van der Waals surface area (Å²) in [6, 6.07) is 6.36. The van der Waals surface area contributed by atoms with Gasteiger partial charge < -0.3 is 5.32 Å². The van der Waals surface area contributed by atoms with E-state index in [9.17, 15) is 0 Å². The molecule has 90 valence electrons. The second kappa shape index (κ2) is 5.10. The zero-order valence-corrected chi connectivity index (χ0v) is 10.5. The molecule has 0 saturated carbocycles. The minimum Gasteiger partial charge on any atom is -0.311 e. The lowest BCUT2D eigenvalue weighted by molar-refractivity contribution is 0.574. The van der Waals surface area contributed by atoms with Gasteiger partial charge in [0.1, 0.15) is 0 Å². The first-order valence-electron chi connectivity index (χ1n) is 5.77. The summed E-state index contributed by atoms with van der Waals surface area (Å²) in [7, 11) is 3.90. The van der Waals surface area contributed by atoms with Crippen molar-refractivity contribution < 1.29 is 0 Å². The normalized spacial score (nSPS) is 12.6. The van der Waals surface area contributed by atoms with Gasteiger partial charge >= 0.3 is 0 Å². The van der Waals surface area contributed by atoms with E-state index in [0.29, 0.717) is 0 Å². The smallest absolute Gasteiger partial charge is 0.0579 e. The van der Waals surface area contributed by atoms with Crippen LogP contribution in [0.1, 0.15) is 23.0 Å². The fraction of sp³-hybridized carbons (Fsp3) is 0.385. The largest absolute Gasteiger partial charge is 0.311 e. The minimum atomic E-state index is 0.235. The predicted molar refractivity (Wildman–Crippen MR) is 67.7 cm³/mol. The number of nitrogens with zero attached hydrogens (tertiary/aromatic N) is 3. The summed E-state index contributed by atoms with van der Waals surface area (Å²) in [6.07, 6.45) is 4.85. The second-order valence-corrected chi connectivity index (χ2v) is 4.27. The molecule has 2 aromatic rings. The molecular weight excluding hydrogens is 212 g/mol. The average Bonchev–Trinajstić information content (AvgIpc) is 2.72. The molecule has 4 nitrogen and oxygen atoms in total. The highest BCUT2D eigenvalue weighted by atomic mass is 15.2. The third kappa shape index (κ3) is 2.91. The van der Waals surface area contributed by atoms with E-state index in [1.807, 2.05) is 50.2 Å². The van der Waals surface area contributed by atoms with Gasteiger partial charge in [0.2, 0.25) is 0 Å². The molecule has 0 fully saturated rings. The van der Waals surface area contributed by atoms with Crippen LogP contribution in [0.2, 0.25) is 0 Å². The van der Waals surface area contributed by atoms with Crippen molar-refractivity contribution in [2.75, 3.05) is 7.05 Å². The maximum absolute atomic E-state index is 4.56. The van der Waals surface area contributed by atoms with E-state index in [-0.39, 0.29) is 6.04 Å². The zero-order valence-electron chi connectivity index (χ0n) is 10.5. The molecule has 17 heavy (non-hydrogen) atoms. The number of aromatic nitrogens is 3. The number of hydrogen-bond acceptors (Lipinski definition) is 3. The van der Waals surface area contributed by atoms with E-state index in [1.165, 1.54) is 5.56 Å². The van der Waals surface area contributed by atoms with Crippen LogP contribution in [0.15, 0.2) is 30.6 Å².